The van der Waals surface area contributed by atoms with Crippen molar-refractivity contribution in [2.24, 2.45) is 0 Å². The van der Waals surface area contributed by atoms with Gasteiger partial charge in [0.2, 0.25) is 5.91 Å². The van der Waals surface area contributed by atoms with Gasteiger partial charge < -0.3 is 10.6 Å². The summed E-state index contributed by atoms with van der Waals surface area (Å²) in [5, 5.41) is 5.41. The van der Waals surface area contributed by atoms with E-state index in [0.29, 0.717) is 12.1 Å². The second kappa shape index (κ2) is 8.43. The quantitative estimate of drug-likeness (QED) is 0.811. The molecule has 120 valence electrons. The first-order valence-electron chi connectivity index (χ1n) is 7.09. The van der Waals surface area contributed by atoms with Crippen molar-refractivity contribution in [1.29, 1.82) is 0 Å². The zero-order chi connectivity index (χ0) is 16.7. The zero-order valence-corrected chi connectivity index (χ0v) is 13.9. The van der Waals surface area contributed by atoms with Gasteiger partial charge in [0.1, 0.15) is 5.82 Å². The predicted molar refractivity (Wildman–Crippen MR) is 89.3 cm³/mol. The van der Waals surface area contributed by atoms with Gasteiger partial charge in [-0.05, 0) is 42.0 Å². The predicted octanol–water partition coefficient (Wildman–Crippen LogP) is 3.02. The van der Waals surface area contributed by atoms with Crippen LogP contribution in [0.15, 0.2) is 53.0 Å². The van der Waals surface area contributed by atoms with Crippen LogP contribution in [0.1, 0.15) is 22.3 Å². The summed E-state index contributed by atoms with van der Waals surface area (Å²) < 4.78 is 13.7. The molecule has 2 N–H and O–H groups in total. The third-order valence-corrected chi connectivity index (χ3v) is 3.68. The van der Waals surface area contributed by atoms with Crippen LogP contribution < -0.4 is 10.6 Å². The molecule has 0 spiro atoms. The number of rotatable bonds is 6. The SMILES string of the molecule is O=C(CCNC(=O)c1ccc(Br)cc1)NCc1ccc(F)cc1. The van der Waals surface area contributed by atoms with E-state index in [1.54, 1.807) is 36.4 Å². The number of carbonyl (C=O) groups is 2. The van der Waals surface area contributed by atoms with Gasteiger partial charge in [0.25, 0.3) is 5.91 Å². The van der Waals surface area contributed by atoms with Crippen LogP contribution in [0.2, 0.25) is 0 Å². The molecule has 0 bridgehead atoms. The van der Waals surface area contributed by atoms with Crippen molar-refractivity contribution in [1.82, 2.24) is 10.6 Å². The van der Waals surface area contributed by atoms with Gasteiger partial charge in [-0.3, -0.25) is 9.59 Å². The first-order chi connectivity index (χ1) is 11.0. The summed E-state index contributed by atoms with van der Waals surface area (Å²) in [7, 11) is 0. The molecule has 0 aliphatic carbocycles. The molecule has 0 fully saturated rings. The highest BCUT2D eigenvalue weighted by Gasteiger charge is 2.06. The fraction of sp³-hybridized carbons (Fsp3) is 0.176. The van der Waals surface area contributed by atoms with Crippen molar-refractivity contribution in [3.05, 3.63) is 69.9 Å². The topological polar surface area (TPSA) is 58.2 Å². The second-order valence-electron chi connectivity index (χ2n) is 4.92. The largest absolute Gasteiger partial charge is 0.352 e. The average molecular weight is 379 g/mol. The molecule has 0 aromatic heterocycles. The molecule has 2 amide bonds. The lowest BCUT2D eigenvalue weighted by Crippen LogP contribution is -2.30. The highest BCUT2D eigenvalue weighted by molar-refractivity contribution is 9.10. The molecule has 2 aromatic rings. The minimum atomic E-state index is -0.310. The molecule has 4 nitrogen and oxygen atoms in total. The first-order valence-corrected chi connectivity index (χ1v) is 7.89. The Morgan fingerprint density at radius 3 is 2.26 bits per heavy atom. The number of hydrogen-bond donors (Lipinski definition) is 2. The number of amides is 2. The van der Waals surface area contributed by atoms with Gasteiger partial charge in [0.05, 0.1) is 0 Å². The van der Waals surface area contributed by atoms with E-state index in [-0.39, 0.29) is 30.6 Å². The van der Waals surface area contributed by atoms with Crippen molar-refractivity contribution in [2.75, 3.05) is 6.54 Å². The summed E-state index contributed by atoms with van der Waals surface area (Å²) in [4.78, 5) is 23.6. The summed E-state index contributed by atoms with van der Waals surface area (Å²) in [5.41, 5.74) is 1.36. The van der Waals surface area contributed by atoms with Crippen molar-refractivity contribution in [3.8, 4) is 0 Å². The Balaban J connectivity index is 1.69. The van der Waals surface area contributed by atoms with Crippen molar-refractivity contribution < 1.29 is 14.0 Å². The lowest BCUT2D eigenvalue weighted by atomic mass is 10.2. The Bertz CT molecular complexity index is 672. The molecule has 0 atom stereocenters. The number of halogens is 2. The average Bonchev–Trinajstić information content (AvgIpc) is 2.55. The second-order valence-corrected chi connectivity index (χ2v) is 5.83. The highest BCUT2D eigenvalue weighted by Crippen LogP contribution is 2.10. The third kappa shape index (κ3) is 5.83. The molecule has 0 unspecified atom stereocenters. The van der Waals surface area contributed by atoms with Gasteiger partial charge in [0, 0.05) is 29.5 Å². The minimum Gasteiger partial charge on any atom is -0.352 e. The molecule has 0 aliphatic rings. The van der Waals surface area contributed by atoms with E-state index < -0.39 is 0 Å². The Kier molecular flexibility index (Phi) is 6.29. The fourth-order valence-corrected chi connectivity index (χ4v) is 2.15. The van der Waals surface area contributed by atoms with Crippen molar-refractivity contribution >= 4 is 27.7 Å². The molecule has 6 heteroatoms. The van der Waals surface area contributed by atoms with E-state index in [0.717, 1.165) is 10.0 Å². The van der Waals surface area contributed by atoms with Gasteiger partial charge >= 0.3 is 0 Å². The summed E-state index contributed by atoms with van der Waals surface area (Å²) >= 11 is 3.30. The maximum Gasteiger partial charge on any atom is 0.251 e. The van der Waals surface area contributed by atoms with E-state index in [4.69, 9.17) is 0 Å². The molecule has 0 saturated carbocycles. The molecular weight excluding hydrogens is 363 g/mol. The molecule has 0 radical (unpaired) electrons. The molecule has 0 aliphatic heterocycles. The highest BCUT2D eigenvalue weighted by atomic mass is 79.9. The number of hydrogen-bond acceptors (Lipinski definition) is 2. The summed E-state index contributed by atoms with van der Waals surface area (Å²) in [6, 6.07) is 12.9. The van der Waals surface area contributed by atoms with Crippen LogP contribution in [0.4, 0.5) is 4.39 Å². The number of nitrogens with one attached hydrogen (secondary N) is 2. The molecule has 0 heterocycles. The monoisotopic (exact) mass is 378 g/mol. The minimum absolute atomic E-state index is 0.176. The molecule has 2 rings (SSSR count). The number of carbonyl (C=O) groups excluding carboxylic acids is 2. The van der Waals surface area contributed by atoms with Crippen LogP contribution in [0.25, 0.3) is 0 Å². The van der Waals surface area contributed by atoms with Crippen LogP contribution in [-0.2, 0) is 11.3 Å². The molecule has 0 saturated heterocycles. The van der Waals surface area contributed by atoms with Gasteiger partial charge in [-0.2, -0.15) is 0 Å². The van der Waals surface area contributed by atoms with Crippen LogP contribution in [0.3, 0.4) is 0 Å². The fourth-order valence-electron chi connectivity index (χ4n) is 1.88. The lowest BCUT2D eigenvalue weighted by molar-refractivity contribution is -0.121. The van der Waals surface area contributed by atoms with Crippen LogP contribution in [-0.4, -0.2) is 18.4 Å². The van der Waals surface area contributed by atoms with Crippen LogP contribution in [0, 0.1) is 5.82 Å². The third-order valence-electron chi connectivity index (χ3n) is 3.15. The van der Waals surface area contributed by atoms with Gasteiger partial charge in [-0.1, -0.05) is 28.1 Å². The maximum atomic E-state index is 12.8. The summed E-state index contributed by atoms with van der Waals surface area (Å²) in [6.07, 6.45) is 0.184. The molecule has 23 heavy (non-hydrogen) atoms. The van der Waals surface area contributed by atoms with E-state index in [1.807, 2.05) is 0 Å². The molecular formula is C17H16BrFN2O2. The Morgan fingerprint density at radius 2 is 1.61 bits per heavy atom. The Morgan fingerprint density at radius 1 is 0.957 bits per heavy atom. The van der Waals surface area contributed by atoms with E-state index in [9.17, 15) is 14.0 Å². The van der Waals surface area contributed by atoms with Crippen molar-refractivity contribution in [3.63, 3.8) is 0 Å². The maximum absolute atomic E-state index is 12.8. The van der Waals surface area contributed by atoms with Crippen LogP contribution >= 0.6 is 15.9 Å². The zero-order valence-electron chi connectivity index (χ0n) is 12.3. The van der Waals surface area contributed by atoms with Crippen molar-refractivity contribution in [2.45, 2.75) is 13.0 Å². The van der Waals surface area contributed by atoms with Gasteiger partial charge in [0.15, 0.2) is 0 Å². The van der Waals surface area contributed by atoms with Gasteiger partial charge in [-0.25, -0.2) is 4.39 Å². The van der Waals surface area contributed by atoms with E-state index in [2.05, 4.69) is 26.6 Å². The number of benzene rings is 2. The summed E-state index contributed by atoms with van der Waals surface area (Å²) in [5.74, 6) is -0.704. The summed E-state index contributed by atoms with van der Waals surface area (Å²) in [6.45, 7) is 0.587. The Hall–Kier alpha value is -2.21. The van der Waals surface area contributed by atoms with E-state index in [1.165, 1.54) is 12.1 Å². The standard InChI is InChI=1S/C17H16BrFN2O2/c18-14-5-3-13(4-6-14)17(23)20-10-9-16(22)21-11-12-1-7-15(19)8-2-12/h1-8H,9-11H2,(H,20,23)(H,21,22). The molecule has 2 aromatic carbocycles. The normalized spacial score (nSPS) is 10.2. The Labute approximate surface area is 142 Å². The lowest BCUT2D eigenvalue weighted by Gasteiger charge is -2.07. The van der Waals surface area contributed by atoms with Gasteiger partial charge in [-0.15, -0.1) is 0 Å². The first kappa shape index (κ1) is 17.1. The van der Waals surface area contributed by atoms with Crippen LogP contribution in [0.5, 0.6) is 0 Å². The smallest absolute Gasteiger partial charge is 0.251 e. The van der Waals surface area contributed by atoms with E-state index >= 15 is 0 Å².